The summed E-state index contributed by atoms with van der Waals surface area (Å²) < 4.78 is 16.5. The Morgan fingerprint density at radius 3 is 2.56 bits per heavy atom. The first kappa shape index (κ1) is 17.0. The Balaban J connectivity index is 2.14. The fourth-order valence-electron chi connectivity index (χ4n) is 2.73. The van der Waals surface area contributed by atoms with Gasteiger partial charge in [-0.05, 0) is 45.9 Å². The quantitative estimate of drug-likeness (QED) is 0.474. The number of Topliss-reactive ketones (excluding diaryl/α,β-unsaturated/α-hetero) is 1. The molecule has 0 amide bonds. The van der Waals surface area contributed by atoms with Crippen LogP contribution in [0.1, 0.15) is 38.1 Å². The van der Waals surface area contributed by atoms with Crippen LogP contribution in [0.4, 0.5) is 0 Å². The van der Waals surface area contributed by atoms with E-state index in [1.54, 1.807) is 52.0 Å². The second-order valence-electron chi connectivity index (χ2n) is 6.44. The number of fused-ring (bicyclic) bond motifs is 3. The van der Waals surface area contributed by atoms with Crippen molar-refractivity contribution in [3.63, 3.8) is 0 Å². The van der Waals surface area contributed by atoms with Crippen LogP contribution < -0.4 is 10.4 Å². The average molecular weight is 342 g/mol. The second-order valence-corrected chi connectivity index (χ2v) is 6.44. The van der Waals surface area contributed by atoms with Crippen LogP contribution in [-0.2, 0) is 9.53 Å². The van der Waals surface area contributed by atoms with E-state index in [9.17, 15) is 14.4 Å². The minimum Gasteiger partial charge on any atom is -0.483 e. The molecule has 0 aliphatic carbocycles. The molecule has 1 aliphatic heterocycles. The number of allylic oxidation sites excluding steroid dienone is 1. The highest BCUT2D eigenvalue weighted by Gasteiger charge is 2.47. The minimum atomic E-state index is -1.15. The van der Waals surface area contributed by atoms with E-state index >= 15 is 0 Å². The van der Waals surface area contributed by atoms with E-state index in [2.05, 4.69) is 0 Å². The topological polar surface area (TPSA) is 82.8 Å². The molecule has 6 heteroatoms. The van der Waals surface area contributed by atoms with E-state index in [4.69, 9.17) is 13.9 Å². The SMILES string of the molecule is CC=C(C)C(=O)OC1C(=O)c2c(ccc3ccc(=O)oc23)OC1(C)C. The summed E-state index contributed by atoms with van der Waals surface area (Å²) in [6.07, 6.45) is 0.449. The first-order valence-corrected chi connectivity index (χ1v) is 7.88. The molecule has 2 heterocycles. The molecule has 1 aliphatic rings. The third kappa shape index (κ3) is 2.84. The number of ketones is 1. The molecule has 1 atom stereocenters. The number of esters is 1. The molecule has 0 spiro atoms. The number of carbonyl (C=O) groups excluding carboxylic acids is 2. The van der Waals surface area contributed by atoms with Crippen molar-refractivity contribution in [2.75, 3.05) is 0 Å². The van der Waals surface area contributed by atoms with Gasteiger partial charge in [-0.1, -0.05) is 6.08 Å². The zero-order valence-electron chi connectivity index (χ0n) is 14.4. The average Bonchev–Trinajstić information content (AvgIpc) is 2.56. The van der Waals surface area contributed by atoms with Crippen LogP contribution in [0.5, 0.6) is 5.75 Å². The summed E-state index contributed by atoms with van der Waals surface area (Å²) in [5.74, 6) is -0.752. The lowest BCUT2D eigenvalue weighted by Crippen LogP contribution is -2.52. The van der Waals surface area contributed by atoms with Gasteiger partial charge in [0.1, 0.15) is 16.9 Å². The van der Waals surface area contributed by atoms with E-state index in [1.165, 1.54) is 6.07 Å². The van der Waals surface area contributed by atoms with Crippen molar-refractivity contribution in [2.45, 2.75) is 39.4 Å². The molecular weight excluding hydrogens is 324 g/mol. The monoisotopic (exact) mass is 342 g/mol. The molecule has 0 bridgehead atoms. The molecule has 0 radical (unpaired) electrons. The third-order valence-electron chi connectivity index (χ3n) is 4.22. The van der Waals surface area contributed by atoms with Gasteiger partial charge < -0.3 is 13.9 Å². The van der Waals surface area contributed by atoms with E-state index in [0.29, 0.717) is 16.7 Å². The molecule has 0 fully saturated rings. The summed E-state index contributed by atoms with van der Waals surface area (Å²) in [7, 11) is 0. The summed E-state index contributed by atoms with van der Waals surface area (Å²) in [5.41, 5.74) is -0.994. The summed E-state index contributed by atoms with van der Waals surface area (Å²) in [6, 6.07) is 6.20. The van der Waals surface area contributed by atoms with Crippen molar-refractivity contribution in [1.82, 2.24) is 0 Å². The van der Waals surface area contributed by atoms with Gasteiger partial charge in [0.15, 0.2) is 5.58 Å². The fourth-order valence-corrected chi connectivity index (χ4v) is 2.73. The molecule has 1 aromatic heterocycles. The van der Waals surface area contributed by atoms with Crippen molar-refractivity contribution in [2.24, 2.45) is 0 Å². The first-order chi connectivity index (χ1) is 11.7. The van der Waals surface area contributed by atoms with E-state index < -0.39 is 29.1 Å². The van der Waals surface area contributed by atoms with Crippen molar-refractivity contribution in [3.8, 4) is 5.75 Å². The van der Waals surface area contributed by atoms with E-state index in [0.717, 1.165) is 0 Å². The number of rotatable bonds is 2. The van der Waals surface area contributed by atoms with Crippen LogP contribution in [0.25, 0.3) is 11.0 Å². The molecule has 2 aromatic rings. The van der Waals surface area contributed by atoms with E-state index in [1.807, 2.05) is 0 Å². The molecular formula is C19H18O6. The second kappa shape index (κ2) is 5.88. The Bertz CT molecular complexity index is 964. The highest BCUT2D eigenvalue weighted by atomic mass is 16.6. The lowest BCUT2D eigenvalue weighted by atomic mass is 9.88. The van der Waals surface area contributed by atoms with Crippen molar-refractivity contribution < 1.29 is 23.5 Å². The number of carbonyl (C=O) groups is 2. The zero-order chi connectivity index (χ0) is 18.4. The Morgan fingerprint density at radius 2 is 1.88 bits per heavy atom. The maximum absolute atomic E-state index is 13.1. The van der Waals surface area contributed by atoms with Crippen molar-refractivity contribution >= 4 is 22.7 Å². The van der Waals surface area contributed by atoms with Gasteiger partial charge >= 0.3 is 11.6 Å². The molecule has 25 heavy (non-hydrogen) atoms. The normalized spacial score (nSPS) is 19.3. The third-order valence-corrected chi connectivity index (χ3v) is 4.22. The van der Waals surface area contributed by atoms with Gasteiger partial charge in [0.25, 0.3) is 0 Å². The largest absolute Gasteiger partial charge is 0.483 e. The van der Waals surface area contributed by atoms with Gasteiger partial charge in [-0.2, -0.15) is 0 Å². The molecule has 1 aromatic carbocycles. The molecule has 6 nitrogen and oxygen atoms in total. The number of ether oxygens (including phenoxy) is 2. The summed E-state index contributed by atoms with van der Waals surface area (Å²) in [6.45, 7) is 6.65. The molecule has 0 saturated heterocycles. The van der Waals surface area contributed by atoms with Gasteiger partial charge in [-0.15, -0.1) is 0 Å². The van der Waals surface area contributed by atoms with Gasteiger partial charge in [0.05, 0.1) is 0 Å². The van der Waals surface area contributed by atoms with Crippen molar-refractivity contribution in [1.29, 1.82) is 0 Å². The molecule has 1 unspecified atom stereocenters. The van der Waals surface area contributed by atoms with Gasteiger partial charge in [-0.3, -0.25) is 4.79 Å². The standard InChI is InChI=1S/C19H18O6/c1-5-10(2)18(22)24-17-15(21)14-12(25-19(17,3)4)8-6-11-7-9-13(20)23-16(11)14/h5-9,17H,1-4H3. The Hall–Kier alpha value is -2.89. The zero-order valence-corrected chi connectivity index (χ0v) is 14.4. The van der Waals surface area contributed by atoms with Crippen LogP contribution >= 0.6 is 0 Å². The lowest BCUT2D eigenvalue weighted by Gasteiger charge is -2.38. The number of benzene rings is 1. The summed E-state index contributed by atoms with van der Waals surface area (Å²) in [5, 5.41) is 0.588. The smallest absolute Gasteiger partial charge is 0.336 e. The summed E-state index contributed by atoms with van der Waals surface area (Å²) in [4.78, 5) is 36.8. The predicted molar refractivity (Wildman–Crippen MR) is 90.8 cm³/mol. The Kier molecular flexibility index (Phi) is 3.99. The van der Waals surface area contributed by atoms with Gasteiger partial charge in [0, 0.05) is 17.0 Å². The molecule has 130 valence electrons. The molecule has 0 saturated carbocycles. The fraction of sp³-hybridized carbons (Fsp3) is 0.316. The number of hydrogen-bond acceptors (Lipinski definition) is 6. The van der Waals surface area contributed by atoms with E-state index in [-0.39, 0.29) is 11.1 Å². The Labute approximate surface area is 144 Å². The Morgan fingerprint density at radius 1 is 1.20 bits per heavy atom. The van der Waals surface area contributed by atoms with Gasteiger partial charge in [0.2, 0.25) is 11.9 Å². The molecule has 0 N–H and O–H groups in total. The highest BCUT2D eigenvalue weighted by Crippen LogP contribution is 2.38. The number of hydrogen-bond donors (Lipinski definition) is 0. The van der Waals surface area contributed by atoms with Crippen LogP contribution in [0.3, 0.4) is 0 Å². The molecule has 3 rings (SSSR count). The van der Waals surface area contributed by atoms with Crippen LogP contribution in [-0.4, -0.2) is 23.5 Å². The van der Waals surface area contributed by atoms with Crippen LogP contribution in [0, 0.1) is 0 Å². The first-order valence-electron chi connectivity index (χ1n) is 7.88. The highest BCUT2D eigenvalue weighted by molar-refractivity contribution is 6.12. The predicted octanol–water partition coefficient (Wildman–Crippen LogP) is 3.02. The maximum atomic E-state index is 13.1. The summed E-state index contributed by atoms with van der Waals surface area (Å²) >= 11 is 0. The van der Waals surface area contributed by atoms with Crippen LogP contribution in [0.2, 0.25) is 0 Å². The van der Waals surface area contributed by atoms with Crippen LogP contribution in [0.15, 0.2) is 45.1 Å². The maximum Gasteiger partial charge on any atom is 0.336 e. The minimum absolute atomic E-state index is 0.116. The van der Waals surface area contributed by atoms with Gasteiger partial charge in [-0.25, -0.2) is 9.59 Å². The van der Waals surface area contributed by atoms with Crippen molar-refractivity contribution in [3.05, 3.63) is 51.9 Å². The lowest BCUT2D eigenvalue weighted by molar-refractivity contribution is -0.151.